The number of aliphatic hydroxyl groups is 1. The van der Waals surface area contributed by atoms with E-state index in [2.05, 4.69) is 11.0 Å². The summed E-state index contributed by atoms with van der Waals surface area (Å²) in [5.41, 5.74) is 7.99. The van der Waals surface area contributed by atoms with Crippen LogP contribution >= 0.6 is 0 Å². The first-order valence-electron chi connectivity index (χ1n) is 5.43. The maximum Gasteiger partial charge on any atom is 0.0992 e. The second kappa shape index (κ2) is 4.42. The van der Waals surface area contributed by atoms with Crippen molar-refractivity contribution in [1.29, 1.82) is 5.26 Å². The second-order valence-electron chi connectivity index (χ2n) is 4.13. The largest absolute Gasteiger partial charge is 0.397 e. The smallest absolute Gasteiger partial charge is 0.0992 e. The number of aliphatic hydroxyl groups excluding tert-OH is 1. The molecule has 3 N–H and O–H groups in total. The van der Waals surface area contributed by atoms with E-state index in [4.69, 9.17) is 11.0 Å². The molecule has 16 heavy (non-hydrogen) atoms. The van der Waals surface area contributed by atoms with E-state index in [1.807, 2.05) is 6.07 Å². The van der Waals surface area contributed by atoms with Crippen molar-refractivity contribution in [1.82, 2.24) is 0 Å². The lowest BCUT2D eigenvalue weighted by atomic mass is 10.1. The van der Waals surface area contributed by atoms with Crippen LogP contribution in [0.25, 0.3) is 0 Å². The molecule has 84 valence electrons. The molecule has 1 aliphatic heterocycles. The molecular weight excluding hydrogens is 202 g/mol. The number of benzene rings is 1. The van der Waals surface area contributed by atoms with Crippen molar-refractivity contribution in [3.63, 3.8) is 0 Å². The fraction of sp³-hybridized carbons (Fsp3) is 0.417. The number of nitrogen functional groups attached to an aromatic ring is 1. The van der Waals surface area contributed by atoms with Gasteiger partial charge >= 0.3 is 0 Å². The number of rotatable bonds is 1. The van der Waals surface area contributed by atoms with Crippen LogP contribution in [0.15, 0.2) is 18.2 Å². The quantitative estimate of drug-likeness (QED) is 0.691. The standard InChI is InChI=1S/C12H15N3O/c13-7-9-3-4-12(11(14)6-9)15-5-1-2-10(16)8-15/h3-4,6,10,16H,1-2,5,8,14H2/t10-/m0/s1. The van der Waals surface area contributed by atoms with Crippen LogP contribution in [0.2, 0.25) is 0 Å². The molecule has 4 heteroatoms. The zero-order chi connectivity index (χ0) is 11.5. The van der Waals surface area contributed by atoms with Crippen LogP contribution in [0.3, 0.4) is 0 Å². The summed E-state index contributed by atoms with van der Waals surface area (Å²) in [5.74, 6) is 0. The summed E-state index contributed by atoms with van der Waals surface area (Å²) in [6.07, 6.45) is 1.55. The molecule has 0 aromatic heterocycles. The minimum absolute atomic E-state index is 0.274. The maximum absolute atomic E-state index is 9.60. The third kappa shape index (κ3) is 2.10. The van der Waals surface area contributed by atoms with Gasteiger partial charge in [0.25, 0.3) is 0 Å². The van der Waals surface area contributed by atoms with Crippen LogP contribution in [-0.4, -0.2) is 24.3 Å². The van der Waals surface area contributed by atoms with Crippen molar-refractivity contribution in [2.75, 3.05) is 23.7 Å². The van der Waals surface area contributed by atoms with Crippen LogP contribution < -0.4 is 10.6 Å². The number of piperidine rings is 1. The number of anilines is 2. The van der Waals surface area contributed by atoms with Gasteiger partial charge in [0.1, 0.15) is 0 Å². The molecule has 0 aliphatic carbocycles. The lowest BCUT2D eigenvalue weighted by Gasteiger charge is -2.32. The average molecular weight is 217 g/mol. The predicted octanol–water partition coefficient (Wildman–Crippen LogP) is 1.10. The Morgan fingerprint density at radius 3 is 2.94 bits per heavy atom. The Morgan fingerprint density at radius 1 is 1.50 bits per heavy atom. The first kappa shape index (κ1) is 10.8. The predicted molar refractivity (Wildman–Crippen MR) is 63.0 cm³/mol. The fourth-order valence-electron chi connectivity index (χ4n) is 2.09. The monoisotopic (exact) mass is 217 g/mol. The Balaban J connectivity index is 2.23. The van der Waals surface area contributed by atoms with E-state index in [1.165, 1.54) is 0 Å². The molecule has 1 atom stereocenters. The van der Waals surface area contributed by atoms with E-state index < -0.39 is 0 Å². The molecule has 0 unspecified atom stereocenters. The van der Waals surface area contributed by atoms with Gasteiger partial charge < -0.3 is 15.7 Å². The molecule has 0 amide bonds. The highest BCUT2D eigenvalue weighted by Gasteiger charge is 2.19. The summed E-state index contributed by atoms with van der Waals surface area (Å²) in [6, 6.07) is 7.35. The first-order chi connectivity index (χ1) is 7.70. The van der Waals surface area contributed by atoms with E-state index in [-0.39, 0.29) is 6.10 Å². The average Bonchev–Trinajstić information content (AvgIpc) is 2.28. The summed E-state index contributed by atoms with van der Waals surface area (Å²) in [5, 5.41) is 18.3. The molecule has 0 spiro atoms. The molecule has 0 saturated carbocycles. The number of hydrogen-bond acceptors (Lipinski definition) is 4. The number of nitrogens with zero attached hydrogens (tertiary/aromatic N) is 2. The third-order valence-electron chi connectivity index (χ3n) is 2.89. The maximum atomic E-state index is 9.60. The molecule has 1 fully saturated rings. The van der Waals surface area contributed by atoms with Gasteiger partial charge in [-0.25, -0.2) is 0 Å². The summed E-state index contributed by atoms with van der Waals surface area (Å²) in [7, 11) is 0. The first-order valence-corrected chi connectivity index (χ1v) is 5.43. The highest BCUT2D eigenvalue weighted by atomic mass is 16.3. The number of β-amino-alcohol motifs (C(OH)–C–C–N with tert-alkyl or cyclic N) is 1. The molecular formula is C12H15N3O. The molecule has 0 radical (unpaired) electrons. The van der Waals surface area contributed by atoms with Gasteiger partial charge in [0.15, 0.2) is 0 Å². The lowest BCUT2D eigenvalue weighted by molar-refractivity contribution is 0.154. The SMILES string of the molecule is N#Cc1ccc(N2CCC[C@H](O)C2)c(N)c1. The number of nitrogens with two attached hydrogens (primary N) is 1. The van der Waals surface area contributed by atoms with Crippen molar-refractivity contribution in [2.24, 2.45) is 0 Å². The molecule has 1 aromatic carbocycles. The Kier molecular flexibility index (Phi) is 2.97. The molecule has 1 saturated heterocycles. The van der Waals surface area contributed by atoms with Gasteiger partial charge in [-0.3, -0.25) is 0 Å². The molecule has 4 nitrogen and oxygen atoms in total. The van der Waals surface area contributed by atoms with Crippen molar-refractivity contribution in [3.8, 4) is 6.07 Å². The van der Waals surface area contributed by atoms with E-state index in [0.29, 0.717) is 17.8 Å². The van der Waals surface area contributed by atoms with Gasteiger partial charge in [-0.2, -0.15) is 5.26 Å². The van der Waals surface area contributed by atoms with Gasteiger partial charge in [-0.15, -0.1) is 0 Å². The topological polar surface area (TPSA) is 73.3 Å². The summed E-state index contributed by atoms with van der Waals surface area (Å²) in [6.45, 7) is 1.53. The van der Waals surface area contributed by atoms with Crippen LogP contribution in [-0.2, 0) is 0 Å². The zero-order valence-corrected chi connectivity index (χ0v) is 9.06. The normalized spacial score (nSPS) is 20.5. The Bertz CT molecular complexity index is 425. The molecule has 2 rings (SSSR count). The number of hydrogen-bond donors (Lipinski definition) is 2. The van der Waals surface area contributed by atoms with Crippen molar-refractivity contribution in [3.05, 3.63) is 23.8 Å². The lowest BCUT2D eigenvalue weighted by Crippen LogP contribution is -2.38. The van der Waals surface area contributed by atoms with E-state index in [1.54, 1.807) is 12.1 Å². The van der Waals surface area contributed by atoms with Gasteiger partial charge in [0.05, 0.1) is 29.1 Å². The summed E-state index contributed by atoms with van der Waals surface area (Å²) >= 11 is 0. The van der Waals surface area contributed by atoms with E-state index >= 15 is 0 Å². The van der Waals surface area contributed by atoms with Crippen LogP contribution in [0.1, 0.15) is 18.4 Å². The minimum atomic E-state index is -0.274. The molecule has 1 aliphatic rings. The van der Waals surface area contributed by atoms with Gasteiger partial charge in [-0.1, -0.05) is 0 Å². The second-order valence-corrected chi connectivity index (χ2v) is 4.13. The Labute approximate surface area is 94.9 Å². The van der Waals surface area contributed by atoms with Gasteiger partial charge in [0.2, 0.25) is 0 Å². The van der Waals surface area contributed by atoms with Crippen LogP contribution in [0.5, 0.6) is 0 Å². The Morgan fingerprint density at radius 2 is 2.31 bits per heavy atom. The van der Waals surface area contributed by atoms with Crippen molar-refractivity contribution < 1.29 is 5.11 Å². The minimum Gasteiger partial charge on any atom is -0.397 e. The van der Waals surface area contributed by atoms with Gasteiger partial charge in [0, 0.05) is 13.1 Å². The summed E-state index contributed by atoms with van der Waals surface area (Å²) < 4.78 is 0. The molecule has 1 heterocycles. The highest BCUT2D eigenvalue weighted by molar-refractivity contribution is 5.69. The van der Waals surface area contributed by atoms with Crippen molar-refractivity contribution in [2.45, 2.75) is 18.9 Å². The molecule has 0 bridgehead atoms. The van der Waals surface area contributed by atoms with Crippen LogP contribution in [0.4, 0.5) is 11.4 Å². The van der Waals surface area contributed by atoms with Gasteiger partial charge in [-0.05, 0) is 31.0 Å². The third-order valence-corrected chi connectivity index (χ3v) is 2.89. The van der Waals surface area contributed by atoms with E-state index in [0.717, 1.165) is 25.1 Å². The van der Waals surface area contributed by atoms with Crippen molar-refractivity contribution >= 4 is 11.4 Å². The summed E-state index contributed by atoms with van der Waals surface area (Å²) in [4.78, 5) is 2.07. The number of nitriles is 1. The molecule has 1 aromatic rings. The van der Waals surface area contributed by atoms with Crippen LogP contribution in [0, 0.1) is 11.3 Å². The zero-order valence-electron chi connectivity index (χ0n) is 9.06. The van der Waals surface area contributed by atoms with E-state index in [9.17, 15) is 5.11 Å². The fourth-order valence-corrected chi connectivity index (χ4v) is 2.09. The highest BCUT2D eigenvalue weighted by Crippen LogP contribution is 2.27. The Hall–Kier alpha value is -1.73.